The summed E-state index contributed by atoms with van der Waals surface area (Å²) in [6, 6.07) is 2.65. The fourth-order valence-electron chi connectivity index (χ4n) is 2.80. The van der Waals surface area contributed by atoms with Crippen molar-refractivity contribution in [2.45, 2.75) is 6.18 Å². The Kier molecular flexibility index (Phi) is 6.82. The molecule has 0 radical (unpaired) electrons. The number of anilines is 1. The van der Waals surface area contributed by atoms with Crippen LogP contribution in [-0.2, 0) is 6.18 Å². The van der Waals surface area contributed by atoms with Crippen LogP contribution in [0.5, 0.6) is 0 Å². The molecule has 0 atom stereocenters. The molecule has 1 aromatic carbocycles. The Bertz CT molecular complexity index is 691. The zero-order chi connectivity index (χ0) is 20.2. The minimum Gasteiger partial charge on any atom is -0.362 e. The Morgan fingerprint density at radius 1 is 1.30 bits per heavy atom. The maximum Gasteiger partial charge on any atom is 0.416 e. The second-order valence-electron chi connectivity index (χ2n) is 6.62. The molecular formula is C16H23F3N5O2S+. The van der Waals surface area contributed by atoms with Gasteiger partial charge in [0, 0.05) is 32.2 Å². The van der Waals surface area contributed by atoms with E-state index in [1.807, 2.05) is 19.0 Å². The number of hydrogen-bond donors (Lipinski definition) is 2. The van der Waals surface area contributed by atoms with Gasteiger partial charge in [0.2, 0.25) is 0 Å². The maximum atomic E-state index is 12.8. The predicted molar refractivity (Wildman–Crippen MR) is 100 cm³/mol. The smallest absolute Gasteiger partial charge is 0.362 e. The van der Waals surface area contributed by atoms with Crippen LogP contribution in [0.1, 0.15) is 5.56 Å². The molecule has 1 heterocycles. The van der Waals surface area contributed by atoms with Crippen molar-refractivity contribution in [1.82, 2.24) is 10.2 Å². The van der Waals surface area contributed by atoms with Gasteiger partial charge < -0.3 is 20.0 Å². The molecule has 1 fully saturated rings. The Morgan fingerprint density at radius 2 is 1.93 bits per heavy atom. The molecule has 11 heteroatoms. The molecule has 0 saturated carbocycles. The first-order chi connectivity index (χ1) is 12.6. The molecule has 1 aliphatic rings. The molecule has 7 nitrogen and oxygen atoms in total. The van der Waals surface area contributed by atoms with E-state index in [4.69, 9.17) is 12.2 Å². The van der Waals surface area contributed by atoms with E-state index in [9.17, 15) is 23.3 Å². The van der Waals surface area contributed by atoms with Gasteiger partial charge in [-0.25, -0.2) is 0 Å². The SMILES string of the molecule is C[NH+](C)CCNC(=S)N1CCN(c2ccc(C(F)(F)F)cc2[N+](=O)[O-])CC1. The topological polar surface area (TPSA) is 66.1 Å². The zero-order valence-corrected chi connectivity index (χ0v) is 16.0. The fourth-order valence-corrected chi connectivity index (χ4v) is 3.08. The van der Waals surface area contributed by atoms with E-state index in [0.717, 1.165) is 19.2 Å². The van der Waals surface area contributed by atoms with Gasteiger partial charge in [0.25, 0.3) is 5.69 Å². The van der Waals surface area contributed by atoms with Crippen LogP contribution in [0.2, 0.25) is 0 Å². The highest BCUT2D eigenvalue weighted by molar-refractivity contribution is 7.80. The molecule has 0 amide bonds. The monoisotopic (exact) mass is 406 g/mol. The lowest BCUT2D eigenvalue weighted by molar-refractivity contribution is -0.856. The highest BCUT2D eigenvalue weighted by Gasteiger charge is 2.34. The van der Waals surface area contributed by atoms with Crippen molar-refractivity contribution in [3.05, 3.63) is 33.9 Å². The summed E-state index contributed by atoms with van der Waals surface area (Å²) >= 11 is 5.36. The van der Waals surface area contributed by atoms with E-state index in [1.165, 1.54) is 11.0 Å². The summed E-state index contributed by atoms with van der Waals surface area (Å²) in [7, 11) is 4.08. The largest absolute Gasteiger partial charge is 0.416 e. The van der Waals surface area contributed by atoms with Gasteiger partial charge in [0.1, 0.15) is 5.69 Å². The van der Waals surface area contributed by atoms with Gasteiger partial charge in [-0.2, -0.15) is 13.2 Å². The molecule has 1 aromatic rings. The Hall–Kier alpha value is -2.14. The lowest BCUT2D eigenvalue weighted by atomic mass is 10.1. The highest BCUT2D eigenvalue weighted by atomic mass is 32.1. The number of nitrogens with one attached hydrogen (secondary N) is 2. The molecule has 0 aromatic heterocycles. The van der Waals surface area contributed by atoms with Gasteiger partial charge >= 0.3 is 6.18 Å². The van der Waals surface area contributed by atoms with Crippen LogP contribution < -0.4 is 15.1 Å². The molecule has 1 saturated heterocycles. The summed E-state index contributed by atoms with van der Waals surface area (Å²) in [5.41, 5.74) is -1.36. The number of likely N-dealkylation sites (N-methyl/N-ethyl adjacent to an activating group) is 1. The molecule has 0 spiro atoms. The van der Waals surface area contributed by atoms with Gasteiger partial charge in [-0.3, -0.25) is 10.1 Å². The van der Waals surface area contributed by atoms with Crippen LogP contribution in [0.15, 0.2) is 18.2 Å². The number of nitrogens with zero attached hydrogens (tertiary/aromatic N) is 3. The minimum atomic E-state index is -4.62. The van der Waals surface area contributed by atoms with E-state index in [1.54, 1.807) is 4.90 Å². The van der Waals surface area contributed by atoms with Crippen molar-refractivity contribution in [2.75, 3.05) is 58.3 Å². The summed E-state index contributed by atoms with van der Waals surface area (Å²) in [6.45, 7) is 3.61. The number of hydrogen-bond acceptors (Lipinski definition) is 4. The first kappa shape index (κ1) is 21.2. The number of nitro benzene ring substituents is 1. The van der Waals surface area contributed by atoms with Crippen molar-refractivity contribution in [1.29, 1.82) is 0 Å². The summed E-state index contributed by atoms with van der Waals surface area (Å²) in [5, 5.41) is 15.1. The van der Waals surface area contributed by atoms with Crippen molar-refractivity contribution >= 4 is 28.7 Å². The van der Waals surface area contributed by atoms with Crippen molar-refractivity contribution in [2.24, 2.45) is 0 Å². The van der Waals surface area contributed by atoms with Crippen molar-refractivity contribution < 1.29 is 23.0 Å². The van der Waals surface area contributed by atoms with E-state index in [-0.39, 0.29) is 5.69 Å². The Balaban J connectivity index is 2.03. The average molecular weight is 406 g/mol. The number of thiocarbonyl (C=S) groups is 1. The van der Waals surface area contributed by atoms with E-state index in [2.05, 4.69) is 5.32 Å². The predicted octanol–water partition coefficient (Wildman–Crippen LogP) is 0.755. The number of halogens is 3. The molecule has 0 aliphatic carbocycles. The van der Waals surface area contributed by atoms with Gasteiger partial charge in [-0.1, -0.05) is 0 Å². The quantitative estimate of drug-likeness (QED) is 0.428. The third kappa shape index (κ3) is 5.67. The second-order valence-corrected chi connectivity index (χ2v) is 7.01. The Labute approximate surface area is 160 Å². The number of nitro groups is 1. The standard InChI is InChI=1S/C16H22F3N5O2S/c1-21(2)6-5-20-15(27)23-9-7-22(8-10-23)13-4-3-12(16(17,18)19)11-14(13)24(25)26/h3-4,11H,5-10H2,1-2H3,(H,20,27)/p+1. The third-order valence-corrected chi connectivity index (χ3v) is 4.71. The molecule has 1 aliphatic heterocycles. The zero-order valence-electron chi connectivity index (χ0n) is 15.2. The van der Waals surface area contributed by atoms with Crippen molar-refractivity contribution in [3.8, 4) is 0 Å². The fraction of sp³-hybridized carbons (Fsp3) is 0.562. The van der Waals surface area contributed by atoms with Crippen LogP contribution in [0.25, 0.3) is 0 Å². The average Bonchev–Trinajstić information content (AvgIpc) is 2.60. The summed E-state index contributed by atoms with van der Waals surface area (Å²) in [6.07, 6.45) is -4.62. The molecule has 0 bridgehead atoms. The van der Waals surface area contributed by atoms with Gasteiger partial charge in [0.15, 0.2) is 5.11 Å². The number of benzene rings is 1. The van der Waals surface area contributed by atoms with E-state index in [0.29, 0.717) is 37.4 Å². The first-order valence-electron chi connectivity index (χ1n) is 8.52. The Morgan fingerprint density at radius 3 is 2.44 bits per heavy atom. The normalized spacial score (nSPS) is 15.2. The van der Waals surface area contributed by atoms with Crippen LogP contribution in [-0.4, -0.2) is 68.3 Å². The summed E-state index contributed by atoms with van der Waals surface area (Å²) in [5.74, 6) is 0. The molecule has 150 valence electrons. The number of piperazine rings is 1. The van der Waals surface area contributed by atoms with Crippen molar-refractivity contribution in [3.63, 3.8) is 0 Å². The minimum absolute atomic E-state index is 0.197. The van der Waals surface area contributed by atoms with Crippen LogP contribution in [0.4, 0.5) is 24.5 Å². The molecule has 2 N–H and O–H groups in total. The van der Waals surface area contributed by atoms with Crippen LogP contribution in [0, 0.1) is 10.1 Å². The van der Waals surface area contributed by atoms with E-state index < -0.39 is 22.4 Å². The number of alkyl halides is 3. The summed E-state index contributed by atoms with van der Waals surface area (Å²) in [4.78, 5) is 15.5. The number of quaternary nitrogens is 1. The highest BCUT2D eigenvalue weighted by Crippen LogP contribution is 2.36. The van der Waals surface area contributed by atoms with Gasteiger partial charge in [0.05, 0.1) is 37.7 Å². The lowest BCUT2D eigenvalue weighted by Gasteiger charge is -2.37. The maximum absolute atomic E-state index is 12.8. The van der Waals surface area contributed by atoms with E-state index >= 15 is 0 Å². The molecule has 2 rings (SSSR count). The lowest BCUT2D eigenvalue weighted by Crippen LogP contribution is -3.06. The van der Waals surface area contributed by atoms with Gasteiger partial charge in [-0.05, 0) is 24.4 Å². The number of rotatable bonds is 5. The second kappa shape index (κ2) is 8.70. The third-order valence-electron chi connectivity index (χ3n) is 4.31. The van der Waals surface area contributed by atoms with Crippen LogP contribution in [0.3, 0.4) is 0 Å². The van der Waals surface area contributed by atoms with Crippen LogP contribution >= 0.6 is 12.2 Å². The molecular weight excluding hydrogens is 383 g/mol. The first-order valence-corrected chi connectivity index (χ1v) is 8.93. The molecule has 27 heavy (non-hydrogen) atoms. The van der Waals surface area contributed by atoms with Gasteiger partial charge in [-0.15, -0.1) is 0 Å². The molecule has 0 unspecified atom stereocenters. The summed E-state index contributed by atoms with van der Waals surface area (Å²) < 4.78 is 38.5.